The summed E-state index contributed by atoms with van der Waals surface area (Å²) in [6, 6.07) is 14.1. The fourth-order valence-corrected chi connectivity index (χ4v) is 2.72. The van der Waals surface area contributed by atoms with Gasteiger partial charge in [-0.2, -0.15) is 0 Å². The minimum Gasteiger partial charge on any atom is -0.452 e. The highest BCUT2D eigenvalue weighted by Gasteiger charge is 2.17. The molecule has 9 nitrogen and oxygen atoms in total. The predicted molar refractivity (Wildman–Crippen MR) is 102 cm³/mol. The van der Waals surface area contributed by atoms with Crippen molar-refractivity contribution < 1.29 is 27.5 Å². The number of hydrogen-bond acceptors (Lipinski definition) is 6. The minimum absolute atomic E-state index is 0.0241. The number of nitrogens with one attached hydrogen (secondary N) is 3. The number of benzene rings is 2. The standard InChI is InChI=1S/C18H19N3O6S/c1-28(25,26)21-15-10-6-5-9-14(15)17(23)27-12-16(22)20-18(24)19-11-13-7-3-2-4-8-13/h2-10,21H,11-12H2,1H3,(H2,19,20,22,24). The van der Waals surface area contributed by atoms with E-state index in [4.69, 9.17) is 4.74 Å². The maximum atomic E-state index is 12.1. The van der Waals surface area contributed by atoms with Crippen LogP contribution in [0.1, 0.15) is 15.9 Å². The van der Waals surface area contributed by atoms with Crippen molar-refractivity contribution in [3.63, 3.8) is 0 Å². The van der Waals surface area contributed by atoms with Gasteiger partial charge in [-0.25, -0.2) is 18.0 Å². The van der Waals surface area contributed by atoms with Crippen LogP contribution in [0, 0.1) is 0 Å². The molecule has 0 aromatic heterocycles. The summed E-state index contributed by atoms with van der Waals surface area (Å²) in [5.41, 5.74) is 0.816. The van der Waals surface area contributed by atoms with Gasteiger partial charge in [-0.1, -0.05) is 42.5 Å². The summed E-state index contributed by atoms with van der Waals surface area (Å²) in [6.07, 6.45) is 0.941. The van der Waals surface area contributed by atoms with Crippen molar-refractivity contribution in [1.82, 2.24) is 10.6 Å². The van der Waals surface area contributed by atoms with Gasteiger partial charge in [0.2, 0.25) is 10.0 Å². The van der Waals surface area contributed by atoms with Gasteiger partial charge >= 0.3 is 12.0 Å². The molecular weight excluding hydrogens is 386 g/mol. The summed E-state index contributed by atoms with van der Waals surface area (Å²) in [7, 11) is -3.60. The molecule has 2 aromatic rings. The molecule has 0 aliphatic rings. The number of anilines is 1. The van der Waals surface area contributed by atoms with E-state index in [2.05, 4.69) is 10.0 Å². The van der Waals surface area contributed by atoms with Crippen LogP contribution in [0.4, 0.5) is 10.5 Å². The SMILES string of the molecule is CS(=O)(=O)Nc1ccccc1C(=O)OCC(=O)NC(=O)NCc1ccccc1. The number of imide groups is 1. The van der Waals surface area contributed by atoms with Gasteiger partial charge in [0.25, 0.3) is 5.91 Å². The molecule has 0 aliphatic carbocycles. The van der Waals surface area contributed by atoms with Crippen LogP contribution in [0.25, 0.3) is 0 Å². The lowest BCUT2D eigenvalue weighted by atomic mass is 10.2. The van der Waals surface area contributed by atoms with Crippen LogP contribution in [0.5, 0.6) is 0 Å². The molecule has 0 bridgehead atoms. The lowest BCUT2D eigenvalue weighted by Crippen LogP contribution is -2.41. The second-order valence-electron chi connectivity index (χ2n) is 5.71. The number of hydrogen-bond donors (Lipinski definition) is 3. The van der Waals surface area contributed by atoms with Gasteiger partial charge in [0.15, 0.2) is 6.61 Å². The first-order valence-corrected chi connectivity index (χ1v) is 9.99. The van der Waals surface area contributed by atoms with Gasteiger partial charge in [-0.05, 0) is 17.7 Å². The number of ether oxygens (including phenoxy) is 1. The van der Waals surface area contributed by atoms with Gasteiger partial charge in [-0.3, -0.25) is 14.8 Å². The Hall–Kier alpha value is -3.40. The Morgan fingerprint density at radius 2 is 1.61 bits per heavy atom. The maximum absolute atomic E-state index is 12.1. The van der Waals surface area contributed by atoms with Crippen LogP contribution in [-0.4, -0.2) is 39.2 Å². The summed E-state index contributed by atoms with van der Waals surface area (Å²) >= 11 is 0. The fourth-order valence-electron chi connectivity index (χ4n) is 2.14. The second-order valence-corrected chi connectivity index (χ2v) is 7.46. The van der Waals surface area contributed by atoms with E-state index in [1.54, 1.807) is 0 Å². The third-order valence-electron chi connectivity index (χ3n) is 3.33. The summed E-state index contributed by atoms with van der Waals surface area (Å²) in [5.74, 6) is -1.74. The van der Waals surface area contributed by atoms with Crippen LogP contribution in [0.15, 0.2) is 54.6 Å². The Morgan fingerprint density at radius 1 is 0.964 bits per heavy atom. The molecule has 3 amide bonds. The molecule has 3 N–H and O–H groups in total. The molecule has 0 saturated carbocycles. The summed E-state index contributed by atoms with van der Waals surface area (Å²) in [4.78, 5) is 35.6. The van der Waals surface area contributed by atoms with Crippen LogP contribution in [0.2, 0.25) is 0 Å². The number of esters is 1. The van der Waals surface area contributed by atoms with E-state index >= 15 is 0 Å². The van der Waals surface area contributed by atoms with Crippen molar-refractivity contribution >= 4 is 33.6 Å². The van der Waals surface area contributed by atoms with Gasteiger partial charge in [-0.15, -0.1) is 0 Å². The first-order valence-electron chi connectivity index (χ1n) is 8.10. The van der Waals surface area contributed by atoms with E-state index in [1.165, 1.54) is 24.3 Å². The fraction of sp³-hybridized carbons (Fsp3) is 0.167. The Morgan fingerprint density at radius 3 is 2.29 bits per heavy atom. The van der Waals surface area contributed by atoms with Crippen LogP contribution in [-0.2, 0) is 26.1 Å². The molecule has 148 valence electrons. The Bertz CT molecular complexity index is 960. The first kappa shape index (κ1) is 20.9. The molecule has 28 heavy (non-hydrogen) atoms. The van der Waals surface area contributed by atoms with E-state index in [-0.39, 0.29) is 17.8 Å². The predicted octanol–water partition coefficient (Wildman–Crippen LogP) is 1.24. The van der Waals surface area contributed by atoms with Crippen molar-refractivity contribution in [3.8, 4) is 0 Å². The average molecular weight is 405 g/mol. The maximum Gasteiger partial charge on any atom is 0.340 e. The lowest BCUT2D eigenvalue weighted by Gasteiger charge is -2.10. The van der Waals surface area contributed by atoms with Crippen LogP contribution < -0.4 is 15.4 Å². The largest absolute Gasteiger partial charge is 0.452 e. The molecular formula is C18H19N3O6S. The van der Waals surface area contributed by atoms with E-state index in [1.807, 2.05) is 35.6 Å². The molecule has 0 saturated heterocycles. The monoisotopic (exact) mass is 405 g/mol. The normalized spacial score (nSPS) is 10.6. The molecule has 10 heteroatoms. The highest BCUT2D eigenvalue weighted by Crippen LogP contribution is 2.17. The van der Waals surface area contributed by atoms with Crippen molar-refractivity contribution in [2.45, 2.75) is 6.54 Å². The number of carbonyl (C=O) groups excluding carboxylic acids is 3. The van der Waals surface area contributed by atoms with E-state index < -0.39 is 34.5 Å². The number of sulfonamides is 1. The van der Waals surface area contributed by atoms with E-state index in [0.717, 1.165) is 11.8 Å². The molecule has 2 aromatic carbocycles. The van der Waals surface area contributed by atoms with Crippen LogP contribution >= 0.6 is 0 Å². The molecule has 0 aliphatic heterocycles. The number of urea groups is 1. The smallest absolute Gasteiger partial charge is 0.340 e. The van der Waals surface area contributed by atoms with Crippen molar-refractivity contribution in [1.29, 1.82) is 0 Å². The van der Waals surface area contributed by atoms with Gasteiger partial charge < -0.3 is 10.1 Å². The lowest BCUT2D eigenvalue weighted by molar-refractivity contribution is -0.123. The average Bonchev–Trinajstić information content (AvgIpc) is 2.64. The summed E-state index contributed by atoms with van der Waals surface area (Å²) < 4.78 is 29.7. The number of para-hydroxylation sites is 1. The van der Waals surface area contributed by atoms with Crippen molar-refractivity contribution in [2.75, 3.05) is 17.6 Å². The van der Waals surface area contributed by atoms with E-state index in [9.17, 15) is 22.8 Å². The van der Waals surface area contributed by atoms with Crippen molar-refractivity contribution in [3.05, 3.63) is 65.7 Å². The highest BCUT2D eigenvalue weighted by atomic mass is 32.2. The minimum atomic E-state index is -3.60. The molecule has 0 heterocycles. The summed E-state index contributed by atoms with van der Waals surface area (Å²) in [5, 5.41) is 4.53. The summed E-state index contributed by atoms with van der Waals surface area (Å²) in [6.45, 7) is -0.477. The topological polar surface area (TPSA) is 131 Å². The van der Waals surface area contributed by atoms with Crippen molar-refractivity contribution in [2.24, 2.45) is 0 Å². The Labute approximate surface area is 162 Å². The third-order valence-corrected chi connectivity index (χ3v) is 3.92. The highest BCUT2D eigenvalue weighted by molar-refractivity contribution is 7.92. The number of rotatable bonds is 7. The zero-order chi connectivity index (χ0) is 20.6. The molecule has 0 spiro atoms. The molecule has 0 fully saturated rings. The number of amides is 3. The first-order chi connectivity index (χ1) is 13.2. The molecule has 0 atom stereocenters. The second kappa shape index (κ2) is 9.51. The Balaban J connectivity index is 1.84. The molecule has 0 unspecified atom stereocenters. The van der Waals surface area contributed by atoms with Gasteiger partial charge in [0.1, 0.15) is 0 Å². The van der Waals surface area contributed by atoms with E-state index in [0.29, 0.717) is 0 Å². The zero-order valence-corrected chi connectivity index (χ0v) is 15.8. The quantitative estimate of drug-likeness (QED) is 0.594. The van der Waals surface area contributed by atoms with Gasteiger partial charge in [0.05, 0.1) is 17.5 Å². The molecule has 2 rings (SSSR count). The van der Waals surface area contributed by atoms with Crippen LogP contribution in [0.3, 0.4) is 0 Å². The third kappa shape index (κ3) is 7.08. The molecule has 0 radical (unpaired) electrons. The Kier molecular flexibility index (Phi) is 7.10. The van der Waals surface area contributed by atoms with Gasteiger partial charge in [0, 0.05) is 6.54 Å². The zero-order valence-electron chi connectivity index (χ0n) is 15.0. The number of carbonyl (C=O) groups is 3.